The average Bonchev–Trinajstić information content (AvgIpc) is 2.85. The van der Waals surface area contributed by atoms with E-state index < -0.39 is 11.8 Å². The van der Waals surface area contributed by atoms with Crippen LogP contribution in [-0.2, 0) is 16.1 Å². The molecule has 5 nitrogen and oxygen atoms in total. The minimum Gasteiger partial charge on any atom is -0.384 e. The van der Waals surface area contributed by atoms with Crippen LogP contribution >= 0.6 is 11.3 Å². The Kier molecular flexibility index (Phi) is 4.20. The van der Waals surface area contributed by atoms with Gasteiger partial charge in [0.25, 0.3) is 0 Å². The smallest absolute Gasteiger partial charge is 0.312 e. The van der Waals surface area contributed by atoms with Crippen LogP contribution in [0.2, 0.25) is 0 Å². The molecule has 1 aromatic rings. The van der Waals surface area contributed by atoms with Crippen LogP contribution < -0.4 is 0 Å². The summed E-state index contributed by atoms with van der Waals surface area (Å²) < 4.78 is 0. The minimum atomic E-state index is -0.455. The van der Waals surface area contributed by atoms with Crippen LogP contribution in [0.4, 0.5) is 0 Å². The first-order valence-corrected chi connectivity index (χ1v) is 6.71. The molecule has 0 unspecified atom stereocenters. The van der Waals surface area contributed by atoms with Gasteiger partial charge in [0.15, 0.2) is 0 Å². The summed E-state index contributed by atoms with van der Waals surface area (Å²) in [5.74, 6) is 4.48. The Hall–Kier alpha value is -1.84. The second-order valence-corrected chi connectivity index (χ2v) is 5.21. The first-order valence-electron chi connectivity index (χ1n) is 5.83. The van der Waals surface area contributed by atoms with E-state index in [9.17, 15) is 9.59 Å². The molecule has 100 valence electrons. The SMILES string of the molecule is CN1CCN(Cc2cc(C#CCO)cs2)C(=O)C1=O. The maximum absolute atomic E-state index is 11.8. The van der Waals surface area contributed by atoms with Crippen molar-refractivity contribution < 1.29 is 14.7 Å². The monoisotopic (exact) mass is 278 g/mol. The first kappa shape index (κ1) is 13.6. The number of aliphatic hydroxyl groups is 1. The van der Waals surface area contributed by atoms with Crippen molar-refractivity contribution in [2.24, 2.45) is 0 Å². The molecule has 1 N–H and O–H groups in total. The third-order valence-electron chi connectivity index (χ3n) is 2.83. The summed E-state index contributed by atoms with van der Waals surface area (Å²) in [5.41, 5.74) is 0.821. The fraction of sp³-hybridized carbons (Fsp3) is 0.385. The van der Waals surface area contributed by atoms with Crippen molar-refractivity contribution in [3.05, 3.63) is 21.9 Å². The van der Waals surface area contributed by atoms with Gasteiger partial charge in [-0.25, -0.2) is 0 Å². The number of piperazine rings is 1. The van der Waals surface area contributed by atoms with Crippen molar-refractivity contribution in [2.75, 3.05) is 26.7 Å². The number of amides is 2. The number of carbonyl (C=O) groups is 2. The lowest BCUT2D eigenvalue weighted by Gasteiger charge is -2.31. The Morgan fingerprint density at radius 1 is 1.37 bits per heavy atom. The Labute approximate surface area is 115 Å². The van der Waals surface area contributed by atoms with Gasteiger partial charge >= 0.3 is 11.8 Å². The quantitative estimate of drug-likeness (QED) is 0.607. The third-order valence-corrected chi connectivity index (χ3v) is 3.76. The molecule has 0 atom stereocenters. The average molecular weight is 278 g/mol. The maximum atomic E-state index is 11.8. The Bertz CT molecular complexity index is 556. The lowest BCUT2D eigenvalue weighted by molar-refractivity contribution is -0.155. The van der Waals surface area contributed by atoms with Crippen LogP contribution in [0.1, 0.15) is 10.4 Å². The van der Waals surface area contributed by atoms with E-state index in [1.54, 1.807) is 11.9 Å². The van der Waals surface area contributed by atoms with Gasteiger partial charge in [-0.2, -0.15) is 0 Å². The normalized spacial score (nSPS) is 15.5. The van der Waals surface area contributed by atoms with E-state index in [0.717, 1.165) is 10.4 Å². The fourth-order valence-electron chi connectivity index (χ4n) is 1.78. The number of rotatable bonds is 2. The van der Waals surface area contributed by atoms with Crippen molar-refractivity contribution in [3.63, 3.8) is 0 Å². The van der Waals surface area contributed by atoms with Crippen LogP contribution in [-0.4, -0.2) is 53.5 Å². The van der Waals surface area contributed by atoms with Crippen LogP contribution in [0.3, 0.4) is 0 Å². The van der Waals surface area contributed by atoms with E-state index in [1.807, 2.05) is 11.4 Å². The Morgan fingerprint density at radius 2 is 2.16 bits per heavy atom. The van der Waals surface area contributed by atoms with Crippen molar-refractivity contribution in [1.82, 2.24) is 9.80 Å². The molecule has 1 aliphatic rings. The predicted molar refractivity (Wildman–Crippen MR) is 71.3 cm³/mol. The highest BCUT2D eigenvalue weighted by Crippen LogP contribution is 2.17. The number of hydrogen-bond acceptors (Lipinski definition) is 4. The number of carbonyl (C=O) groups excluding carboxylic acids is 2. The Balaban J connectivity index is 2.03. The van der Waals surface area contributed by atoms with E-state index in [2.05, 4.69) is 11.8 Å². The molecule has 2 rings (SSSR count). The Morgan fingerprint density at radius 3 is 2.89 bits per heavy atom. The largest absolute Gasteiger partial charge is 0.384 e. The summed E-state index contributed by atoms with van der Waals surface area (Å²) in [5, 5.41) is 10.5. The van der Waals surface area contributed by atoms with E-state index >= 15 is 0 Å². The maximum Gasteiger partial charge on any atom is 0.312 e. The van der Waals surface area contributed by atoms with Crippen LogP contribution in [0.25, 0.3) is 0 Å². The van der Waals surface area contributed by atoms with E-state index in [0.29, 0.717) is 19.6 Å². The predicted octanol–water partition coefficient (Wildman–Crippen LogP) is -0.108. The van der Waals surface area contributed by atoms with Crippen LogP contribution in [0.15, 0.2) is 11.4 Å². The molecule has 2 amide bonds. The van der Waals surface area contributed by atoms with Gasteiger partial charge in [-0.3, -0.25) is 9.59 Å². The van der Waals surface area contributed by atoms with Crippen LogP contribution in [0.5, 0.6) is 0 Å². The van der Waals surface area contributed by atoms with Gasteiger partial charge in [-0.05, 0) is 6.07 Å². The van der Waals surface area contributed by atoms with Gasteiger partial charge in [0.2, 0.25) is 0 Å². The second kappa shape index (κ2) is 5.87. The standard InChI is InChI=1S/C13H14N2O3S/c1-14-4-5-15(13(18)12(14)17)8-11-7-10(9-19-11)3-2-6-16/h7,9,16H,4-6,8H2,1H3. The molecule has 0 aromatic carbocycles. The van der Waals surface area contributed by atoms with E-state index in [4.69, 9.17) is 5.11 Å². The molecule has 1 aliphatic heterocycles. The zero-order valence-electron chi connectivity index (χ0n) is 10.5. The number of thiophene rings is 1. The molecule has 1 aromatic heterocycles. The number of hydrogen-bond donors (Lipinski definition) is 1. The van der Waals surface area contributed by atoms with Crippen LogP contribution in [0, 0.1) is 11.8 Å². The van der Waals surface area contributed by atoms with Gasteiger partial charge in [0, 0.05) is 36.0 Å². The number of nitrogens with zero attached hydrogens (tertiary/aromatic N) is 2. The molecule has 0 radical (unpaired) electrons. The topological polar surface area (TPSA) is 60.9 Å². The zero-order valence-corrected chi connectivity index (χ0v) is 11.4. The summed E-state index contributed by atoms with van der Waals surface area (Å²) in [4.78, 5) is 27.3. The summed E-state index contributed by atoms with van der Waals surface area (Å²) in [6.07, 6.45) is 0. The molecular formula is C13H14N2O3S. The molecule has 19 heavy (non-hydrogen) atoms. The highest BCUT2D eigenvalue weighted by Gasteiger charge is 2.30. The molecule has 1 fully saturated rings. The minimum absolute atomic E-state index is 0.170. The first-order chi connectivity index (χ1) is 9.11. The molecular weight excluding hydrogens is 264 g/mol. The summed E-state index contributed by atoms with van der Waals surface area (Å²) >= 11 is 1.49. The highest BCUT2D eigenvalue weighted by molar-refractivity contribution is 7.10. The van der Waals surface area contributed by atoms with Crippen molar-refractivity contribution in [2.45, 2.75) is 6.54 Å². The van der Waals surface area contributed by atoms with Gasteiger partial charge in [-0.15, -0.1) is 11.3 Å². The molecule has 2 heterocycles. The summed E-state index contributed by atoms with van der Waals surface area (Å²) in [6, 6.07) is 1.88. The lowest BCUT2D eigenvalue weighted by atomic mass is 10.2. The fourth-order valence-corrected chi connectivity index (χ4v) is 2.61. The lowest BCUT2D eigenvalue weighted by Crippen LogP contribution is -2.52. The molecule has 6 heteroatoms. The van der Waals surface area contributed by atoms with Gasteiger partial charge in [0.05, 0.1) is 6.54 Å². The molecule has 0 spiro atoms. The molecule has 1 saturated heterocycles. The van der Waals surface area contributed by atoms with Crippen molar-refractivity contribution >= 4 is 23.2 Å². The zero-order chi connectivity index (χ0) is 13.8. The summed E-state index contributed by atoms with van der Waals surface area (Å²) in [6.45, 7) is 1.38. The van der Waals surface area contributed by atoms with E-state index in [1.165, 1.54) is 16.2 Å². The van der Waals surface area contributed by atoms with Gasteiger partial charge in [0.1, 0.15) is 6.61 Å². The van der Waals surface area contributed by atoms with Gasteiger partial charge in [-0.1, -0.05) is 11.8 Å². The third kappa shape index (κ3) is 3.13. The molecule has 0 bridgehead atoms. The number of likely N-dealkylation sites (N-methyl/N-ethyl adjacent to an activating group) is 1. The molecule has 0 aliphatic carbocycles. The molecule has 0 saturated carbocycles. The van der Waals surface area contributed by atoms with Crippen molar-refractivity contribution in [1.29, 1.82) is 0 Å². The van der Waals surface area contributed by atoms with E-state index in [-0.39, 0.29) is 6.61 Å². The number of aliphatic hydroxyl groups excluding tert-OH is 1. The van der Waals surface area contributed by atoms with Gasteiger partial charge < -0.3 is 14.9 Å². The second-order valence-electron chi connectivity index (χ2n) is 4.22. The van der Waals surface area contributed by atoms with Crippen molar-refractivity contribution in [3.8, 4) is 11.8 Å². The highest BCUT2D eigenvalue weighted by atomic mass is 32.1. The summed E-state index contributed by atoms with van der Waals surface area (Å²) in [7, 11) is 1.63.